The van der Waals surface area contributed by atoms with Crippen LogP contribution in [0.25, 0.3) is 0 Å². The third kappa shape index (κ3) is 4.08. The fourth-order valence-corrected chi connectivity index (χ4v) is 4.03. The van der Waals surface area contributed by atoms with Crippen molar-refractivity contribution in [1.82, 2.24) is 0 Å². The van der Waals surface area contributed by atoms with E-state index in [0.717, 1.165) is 44.8 Å². The van der Waals surface area contributed by atoms with Crippen molar-refractivity contribution in [2.45, 2.75) is 42.6 Å². The minimum atomic E-state index is -0.499. The highest BCUT2D eigenvalue weighted by atomic mass is 32.2. The van der Waals surface area contributed by atoms with Gasteiger partial charge in [0.2, 0.25) is 0 Å². The number of carbonyl (C=O) groups is 1. The van der Waals surface area contributed by atoms with Gasteiger partial charge in [0.25, 0.3) is 0 Å². The van der Waals surface area contributed by atoms with E-state index in [4.69, 9.17) is 15.2 Å². The van der Waals surface area contributed by atoms with E-state index >= 15 is 0 Å². The molecular formula is C13H23NO4S. The van der Waals surface area contributed by atoms with Crippen molar-refractivity contribution in [3.8, 4) is 0 Å². The molecule has 0 aromatic carbocycles. The maximum absolute atomic E-state index is 11.2. The Bertz CT molecular complexity index is 307. The zero-order valence-corrected chi connectivity index (χ0v) is 12.2. The number of thioether (sulfide) groups is 1. The van der Waals surface area contributed by atoms with Gasteiger partial charge >= 0.3 is 5.97 Å². The summed E-state index contributed by atoms with van der Waals surface area (Å²) in [5, 5.41) is 0.584. The van der Waals surface area contributed by atoms with Crippen LogP contribution in [0.4, 0.5) is 0 Å². The SMILES string of the molecule is COC(=O)C(N)CCSC1CCOC2(CCOC2)C1. The number of rotatable bonds is 5. The zero-order valence-electron chi connectivity index (χ0n) is 11.4. The van der Waals surface area contributed by atoms with Gasteiger partial charge in [-0.2, -0.15) is 11.8 Å². The maximum atomic E-state index is 11.2. The molecule has 0 aromatic heterocycles. The fraction of sp³-hybridized carbons (Fsp3) is 0.923. The van der Waals surface area contributed by atoms with E-state index in [9.17, 15) is 4.79 Å². The Morgan fingerprint density at radius 2 is 2.42 bits per heavy atom. The van der Waals surface area contributed by atoms with Crippen molar-refractivity contribution in [3.05, 3.63) is 0 Å². The number of nitrogens with two attached hydrogens (primary N) is 1. The molecule has 0 aromatic rings. The monoisotopic (exact) mass is 289 g/mol. The summed E-state index contributed by atoms with van der Waals surface area (Å²) >= 11 is 1.89. The van der Waals surface area contributed by atoms with Crippen LogP contribution in [0.2, 0.25) is 0 Å². The Morgan fingerprint density at radius 1 is 1.58 bits per heavy atom. The number of ether oxygens (including phenoxy) is 3. The first-order chi connectivity index (χ1) is 9.15. The van der Waals surface area contributed by atoms with Crippen LogP contribution in [0.15, 0.2) is 0 Å². The van der Waals surface area contributed by atoms with Crippen LogP contribution >= 0.6 is 11.8 Å². The maximum Gasteiger partial charge on any atom is 0.322 e. The van der Waals surface area contributed by atoms with Crippen molar-refractivity contribution in [2.24, 2.45) is 5.73 Å². The summed E-state index contributed by atoms with van der Waals surface area (Å²) in [5.41, 5.74) is 5.69. The average molecular weight is 289 g/mol. The summed E-state index contributed by atoms with van der Waals surface area (Å²) in [4.78, 5) is 11.2. The van der Waals surface area contributed by atoms with E-state index in [-0.39, 0.29) is 11.6 Å². The topological polar surface area (TPSA) is 70.8 Å². The molecule has 2 N–H and O–H groups in total. The Balaban J connectivity index is 1.69. The first-order valence-electron chi connectivity index (χ1n) is 6.82. The highest BCUT2D eigenvalue weighted by Gasteiger charge is 2.41. The molecular weight excluding hydrogens is 266 g/mol. The van der Waals surface area contributed by atoms with E-state index in [1.165, 1.54) is 7.11 Å². The molecule has 2 saturated heterocycles. The van der Waals surface area contributed by atoms with Crippen molar-refractivity contribution in [3.63, 3.8) is 0 Å². The van der Waals surface area contributed by atoms with Crippen LogP contribution in [0, 0.1) is 0 Å². The summed E-state index contributed by atoms with van der Waals surface area (Å²) in [6.07, 6.45) is 3.79. The van der Waals surface area contributed by atoms with Gasteiger partial charge in [-0.15, -0.1) is 0 Å². The van der Waals surface area contributed by atoms with Crippen molar-refractivity contribution in [1.29, 1.82) is 0 Å². The third-order valence-corrected chi connectivity index (χ3v) is 5.15. The van der Waals surface area contributed by atoms with Gasteiger partial charge in [-0.1, -0.05) is 0 Å². The minimum absolute atomic E-state index is 0.0413. The molecule has 2 aliphatic heterocycles. The number of hydrogen-bond acceptors (Lipinski definition) is 6. The van der Waals surface area contributed by atoms with E-state index < -0.39 is 6.04 Å². The average Bonchev–Trinajstić information content (AvgIpc) is 2.85. The Hall–Kier alpha value is -0.300. The second kappa shape index (κ2) is 6.92. The molecule has 110 valence electrons. The second-order valence-corrected chi connectivity index (χ2v) is 6.65. The molecule has 3 unspecified atom stereocenters. The molecule has 19 heavy (non-hydrogen) atoms. The Kier molecular flexibility index (Phi) is 5.50. The van der Waals surface area contributed by atoms with Crippen LogP contribution in [0.5, 0.6) is 0 Å². The minimum Gasteiger partial charge on any atom is -0.468 e. The van der Waals surface area contributed by atoms with Gasteiger partial charge in [0.15, 0.2) is 0 Å². The molecule has 6 heteroatoms. The molecule has 3 atom stereocenters. The Labute approximate surface area is 118 Å². The predicted molar refractivity (Wildman–Crippen MR) is 74.2 cm³/mol. The quantitative estimate of drug-likeness (QED) is 0.760. The summed E-state index contributed by atoms with van der Waals surface area (Å²) in [7, 11) is 1.37. The van der Waals surface area contributed by atoms with Gasteiger partial charge in [-0.05, 0) is 25.0 Å². The van der Waals surface area contributed by atoms with Crippen LogP contribution in [-0.4, -0.2) is 55.5 Å². The van der Waals surface area contributed by atoms with Gasteiger partial charge in [0.05, 0.1) is 19.3 Å². The summed E-state index contributed by atoms with van der Waals surface area (Å²) in [5.74, 6) is 0.561. The molecule has 2 fully saturated rings. The Morgan fingerprint density at radius 3 is 3.11 bits per heavy atom. The molecule has 0 aliphatic carbocycles. The third-order valence-electron chi connectivity index (χ3n) is 3.80. The lowest BCUT2D eigenvalue weighted by Crippen LogP contribution is -2.41. The molecule has 0 amide bonds. The van der Waals surface area contributed by atoms with E-state index in [0.29, 0.717) is 11.7 Å². The normalized spacial score (nSPS) is 32.4. The fourth-order valence-electron chi connectivity index (χ4n) is 2.62. The lowest BCUT2D eigenvalue weighted by Gasteiger charge is -2.36. The molecule has 0 saturated carbocycles. The van der Waals surface area contributed by atoms with E-state index in [1.54, 1.807) is 0 Å². The zero-order chi connectivity index (χ0) is 13.7. The van der Waals surface area contributed by atoms with Crippen molar-refractivity contribution < 1.29 is 19.0 Å². The molecule has 2 aliphatic rings. The van der Waals surface area contributed by atoms with Gasteiger partial charge < -0.3 is 19.9 Å². The van der Waals surface area contributed by atoms with Gasteiger partial charge in [0, 0.05) is 24.9 Å². The molecule has 0 radical (unpaired) electrons. The van der Waals surface area contributed by atoms with Crippen LogP contribution in [0.1, 0.15) is 25.7 Å². The molecule has 0 bridgehead atoms. The smallest absolute Gasteiger partial charge is 0.322 e. The van der Waals surface area contributed by atoms with E-state index in [2.05, 4.69) is 4.74 Å². The number of hydrogen-bond donors (Lipinski definition) is 1. The van der Waals surface area contributed by atoms with Crippen LogP contribution < -0.4 is 5.73 Å². The largest absolute Gasteiger partial charge is 0.468 e. The summed E-state index contributed by atoms with van der Waals surface area (Å²) < 4.78 is 16.0. The molecule has 2 heterocycles. The lowest BCUT2D eigenvalue weighted by atomic mass is 9.93. The van der Waals surface area contributed by atoms with Gasteiger partial charge in [0.1, 0.15) is 6.04 Å². The number of carbonyl (C=O) groups excluding carboxylic acids is 1. The van der Waals surface area contributed by atoms with Crippen LogP contribution in [0.3, 0.4) is 0 Å². The van der Waals surface area contributed by atoms with Crippen molar-refractivity contribution >= 4 is 17.7 Å². The number of methoxy groups -OCH3 is 1. The van der Waals surface area contributed by atoms with E-state index in [1.807, 2.05) is 11.8 Å². The van der Waals surface area contributed by atoms with Crippen LogP contribution in [-0.2, 0) is 19.0 Å². The summed E-state index contributed by atoms with van der Waals surface area (Å²) in [6.45, 7) is 2.35. The van der Waals surface area contributed by atoms with Crippen molar-refractivity contribution in [2.75, 3.05) is 32.7 Å². The van der Waals surface area contributed by atoms with Gasteiger partial charge in [-0.3, -0.25) is 4.79 Å². The summed E-state index contributed by atoms with van der Waals surface area (Å²) in [6, 6.07) is -0.499. The molecule has 2 rings (SSSR count). The lowest BCUT2D eigenvalue weighted by molar-refractivity contribution is -0.142. The first-order valence-corrected chi connectivity index (χ1v) is 7.87. The molecule has 5 nitrogen and oxygen atoms in total. The standard InChI is InChI=1S/C13H23NO4S/c1-16-12(15)11(14)3-7-19-10-2-5-18-13(8-10)4-6-17-9-13/h10-11H,2-9,14H2,1H3. The second-order valence-electron chi connectivity index (χ2n) is 5.24. The highest BCUT2D eigenvalue weighted by Crippen LogP contribution is 2.37. The predicted octanol–water partition coefficient (Wildman–Crippen LogP) is 0.948. The van der Waals surface area contributed by atoms with Gasteiger partial charge in [-0.25, -0.2) is 0 Å². The first kappa shape index (κ1) is 15.1. The molecule has 1 spiro atoms. The highest BCUT2D eigenvalue weighted by molar-refractivity contribution is 7.99. The number of esters is 1.